The van der Waals surface area contributed by atoms with Gasteiger partial charge in [-0.05, 0) is 30.5 Å². The molecule has 0 saturated carbocycles. The zero-order chi connectivity index (χ0) is 25.7. The fourth-order valence-electron chi connectivity index (χ4n) is 5.12. The Labute approximate surface area is 206 Å². The number of aromatic nitrogens is 1. The number of carbonyl (C=O) groups excluding carboxylic acids is 1. The standard InChI is InChI=1S/C23H25F3N6O3S/c1-2-15-11-30(22(33)28-13-23(24,25)26)12-19(15)31-14-29-18-10-27-21-17(20(18)31)8-9-32(21)36(34,35)16-6-4-3-5-7-16/h3-10,14-15,18-20H,2,11-13H2,1H3,(H,28,33). The summed E-state index contributed by atoms with van der Waals surface area (Å²) >= 11 is 0. The van der Waals surface area contributed by atoms with E-state index in [-0.39, 0.29) is 35.5 Å². The Balaban J connectivity index is 1.41. The molecular weight excluding hydrogens is 497 g/mol. The van der Waals surface area contributed by atoms with Gasteiger partial charge in [-0.3, -0.25) is 4.99 Å². The molecular formula is C23H25F3N6O3S. The second-order valence-electron chi connectivity index (χ2n) is 9.05. The fourth-order valence-corrected chi connectivity index (χ4v) is 6.45. The van der Waals surface area contributed by atoms with Gasteiger partial charge in [0.25, 0.3) is 10.0 Å². The highest BCUT2D eigenvalue weighted by Gasteiger charge is 2.46. The number of likely N-dealkylation sites (tertiary alicyclic amines) is 1. The van der Waals surface area contributed by atoms with Gasteiger partial charge in [-0.2, -0.15) is 13.2 Å². The van der Waals surface area contributed by atoms with Crippen LogP contribution in [0.1, 0.15) is 24.9 Å². The Kier molecular flexibility index (Phi) is 6.05. The summed E-state index contributed by atoms with van der Waals surface area (Å²) in [5, 5.41) is 1.95. The molecule has 0 radical (unpaired) electrons. The molecule has 3 aliphatic heterocycles. The number of halogens is 3. The van der Waals surface area contributed by atoms with Crippen LogP contribution in [0.3, 0.4) is 0 Å². The van der Waals surface area contributed by atoms with Crippen LogP contribution in [0, 0.1) is 5.92 Å². The quantitative estimate of drug-likeness (QED) is 0.652. The lowest BCUT2D eigenvalue weighted by atomic mass is 9.94. The molecule has 1 saturated heterocycles. The van der Waals surface area contributed by atoms with Crippen LogP contribution in [-0.4, -0.2) is 78.7 Å². The second kappa shape index (κ2) is 8.95. The summed E-state index contributed by atoms with van der Waals surface area (Å²) in [6.07, 6.45) is 0.999. The van der Waals surface area contributed by atoms with Gasteiger partial charge in [0.2, 0.25) is 0 Å². The molecule has 0 spiro atoms. The van der Waals surface area contributed by atoms with Gasteiger partial charge in [0.05, 0.1) is 23.3 Å². The molecule has 4 heterocycles. The van der Waals surface area contributed by atoms with Crippen LogP contribution in [0.2, 0.25) is 0 Å². The Bertz CT molecular complexity index is 1310. The molecule has 36 heavy (non-hydrogen) atoms. The summed E-state index contributed by atoms with van der Waals surface area (Å²) in [5.74, 6) is 0.297. The normalized spacial score (nSPS) is 25.2. The molecule has 4 atom stereocenters. The first-order valence-corrected chi connectivity index (χ1v) is 13.0. The van der Waals surface area contributed by atoms with Crippen LogP contribution < -0.4 is 5.32 Å². The molecule has 2 aromatic rings. The largest absolute Gasteiger partial charge is 0.405 e. The Hall–Kier alpha value is -3.35. The Morgan fingerprint density at radius 2 is 1.92 bits per heavy atom. The number of amides is 2. The molecule has 4 unspecified atom stereocenters. The number of nitrogens with zero attached hydrogens (tertiary/aromatic N) is 5. The van der Waals surface area contributed by atoms with E-state index in [1.54, 1.807) is 36.8 Å². The van der Waals surface area contributed by atoms with Crippen LogP contribution in [0.15, 0.2) is 57.5 Å². The van der Waals surface area contributed by atoms with Crippen molar-refractivity contribution in [1.82, 2.24) is 19.1 Å². The SMILES string of the molecule is CCC1CN(C(=O)NCC(F)(F)F)CC1N1C=NC2C=Nc3c(ccn3S(=O)(=O)c3ccccc3)C21. The van der Waals surface area contributed by atoms with Crippen LogP contribution in [-0.2, 0) is 10.0 Å². The summed E-state index contributed by atoms with van der Waals surface area (Å²) in [6, 6.07) is 8.17. The molecule has 5 rings (SSSR count). The molecule has 13 heteroatoms. The zero-order valence-corrected chi connectivity index (χ0v) is 20.2. The van der Waals surface area contributed by atoms with Gasteiger partial charge in [0, 0.05) is 31.1 Å². The second-order valence-corrected chi connectivity index (χ2v) is 10.9. The van der Waals surface area contributed by atoms with E-state index in [4.69, 9.17) is 0 Å². The van der Waals surface area contributed by atoms with E-state index in [2.05, 4.69) is 9.98 Å². The number of rotatable bonds is 5. The van der Waals surface area contributed by atoms with Crippen LogP contribution in [0.4, 0.5) is 23.8 Å². The summed E-state index contributed by atoms with van der Waals surface area (Å²) in [4.78, 5) is 24.9. The highest BCUT2D eigenvalue weighted by molar-refractivity contribution is 7.90. The monoisotopic (exact) mass is 522 g/mol. The van der Waals surface area contributed by atoms with Crippen LogP contribution in [0.5, 0.6) is 0 Å². The molecule has 0 aliphatic carbocycles. The first-order chi connectivity index (χ1) is 17.1. The summed E-state index contributed by atoms with van der Waals surface area (Å²) < 4.78 is 65.4. The number of carbonyl (C=O) groups is 1. The van der Waals surface area contributed by atoms with Crippen molar-refractivity contribution in [3.05, 3.63) is 48.2 Å². The van der Waals surface area contributed by atoms with Crippen molar-refractivity contribution in [2.45, 2.75) is 42.5 Å². The Morgan fingerprint density at radius 3 is 2.61 bits per heavy atom. The number of nitrogens with one attached hydrogen (secondary N) is 1. The summed E-state index contributed by atoms with van der Waals surface area (Å²) in [5.41, 5.74) is 0.689. The molecule has 192 valence electrons. The van der Waals surface area contributed by atoms with Gasteiger partial charge in [0.1, 0.15) is 12.6 Å². The molecule has 2 amide bonds. The van der Waals surface area contributed by atoms with Crippen molar-refractivity contribution >= 4 is 34.4 Å². The fraction of sp³-hybridized carbons (Fsp3) is 0.435. The minimum Gasteiger partial charge on any atom is -0.348 e. The minimum absolute atomic E-state index is 0.00397. The molecule has 1 aromatic carbocycles. The number of benzene rings is 1. The van der Waals surface area contributed by atoms with Crippen molar-refractivity contribution in [1.29, 1.82) is 0 Å². The van der Waals surface area contributed by atoms with Crippen LogP contribution in [0.25, 0.3) is 0 Å². The number of urea groups is 1. The number of hydrogen-bond acceptors (Lipinski definition) is 6. The lowest BCUT2D eigenvalue weighted by Gasteiger charge is -2.35. The van der Waals surface area contributed by atoms with E-state index in [9.17, 15) is 26.4 Å². The van der Waals surface area contributed by atoms with E-state index in [0.29, 0.717) is 24.3 Å². The van der Waals surface area contributed by atoms with E-state index in [0.717, 1.165) is 3.97 Å². The minimum atomic E-state index is -4.49. The molecule has 3 aliphatic rings. The van der Waals surface area contributed by atoms with Gasteiger partial charge in [-0.15, -0.1) is 0 Å². The van der Waals surface area contributed by atoms with Crippen molar-refractivity contribution in [2.75, 3.05) is 19.6 Å². The lowest BCUT2D eigenvalue weighted by Crippen LogP contribution is -2.45. The maximum Gasteiger partial charge on any atom is 0.405 e. The maximum absolute atomic E-state index is 13.3. The van der Waals surface area contributed by atoms with E-state index in [1.807, 2.05) is 17.1 Å². The van der Waals surface area contributed by atoms with Crippen molar-refractivity contribution < 1.29 is 26.4 Å². The summed E-state index contributed by atoms with van der Waals surface area (Å²) in [6.45, 7) is 1.13. The van der Waals surface area contributed by atoms with E-state index in [1.165, 1.54) is 23.2 Å². The zero-order valence-electron chi connectivity index (χ0n) is 19.3. The topological polar surface area (TPSA) is 99.4 Å². The predicted molar refractivity (Wildman–Crippen MR) is 127 cm³/mol. The molecule has 1 aromatic heterocycles. The number of alkyl halides is 3. The van der Waals surface area contributed by atoms with Gasteiger partial charge in [-0.1, -0.05) is 25.1 Å². The molecule has 9 nitrogen and oxygen atoms in total. The molecule has 0 bridgehead atoms. The van der Waals surface area contributed by atoms with Gasteiger partial charge >= 0.3 is 12.2 Å². The average molecular weight is 523 g/mol. The first-order valence-electron chi connectivity index (χ1n) is 11.6. The van der Waals surface area contributed by atoms with E-state index < -0.39 is 28.8 Å². The highest BCUT2D eigenvalue weighted by atomic mass is 32.2. The third-order valence-corrected chi connectivity index (χ3v) is 8.56. The smallest absolute Gasteiger partial charge is 0.348 e. The highest BCUT2D eigenvalue weighted by Crippen LogP contribution is 2.43. The third kappa shape index (κ3) is 4.25. The maximum atomic E-state index is 13.3. The lowest BCUT2D eigenvalue weighted by molar-refractivity contribution is -0.123. The number of hydrogen-bond donors (Lipinski definition) is 1. The Morgan fingerprint density at radius 1 is 1.17 bits per heavy atom. The predicted octanol–water partition coefficient (Wildman–Crippen LogP) is 3.18. The average Bonchev–Trinajstić information content (AvgIpc) is 3.58. The third-order valence-electron chi connectivity index (χ3n) is 6.88. The van der Waals surface area contributed by atoms with Gasteiger partial charge in [-0.25, -0.2) is 22.2 Å². The molecule has 1 fully saturated rings. The van der Waals surface area contributed by atoms with Crippen molar-refractivity contribution in [2.24, 2.45) is 15.9 Å². The number of fused-ring (bicyclic) bond motifs is 3. The summed E-state index contributed by atoms with van der Waals surface area (Å²) in [7, 11) is -3.87. The van der Waals surface area contributed by atoms with Crippen molar-refractivity contribution in [3.63, 3.8) is 0 Å². The van der Waals surface area contributed by atoms with E-state index >= 15 is 0 Å². The molecule has 1 N–H and O–H groups in total. The first kappa shape index (κ1) is 24.3. The van der Waals surface area contributed by atoms with Gasteiger partial charge in [0.15, 0.2) is 5.82 Å². The van der Waals surface area contributed by atoms with Crippen molar-refractivity contribution in [3.8, 4) is 0 Å². The van der Waals surface area contributed by atoms with Gasteiger partial charge < -0.3 is 15.1 Å². The van der Waals surface area contributed by atoms with Crippen LogP contribution >= 0.6 is 0 Å². The number of aliphatic imine (C=N–C) groups is 2.